The van der Waals surface area contributed by atoms with Crippen LogP contribution in [-0.2, 0) is 0 Å². The van der Waals surface area contributed by atoms with Gasteiger partial charge in [0.2, 0.25) is 0 Å². The Morgan fingerprint density at radius 3 is 0.938 bits per heavy atom. The number of hydrogen-bond donors (Lipinski definition) is 0. The zero-order valence-corrected chi connectivity index (χ0v) is 9.38. The lowest BCUT2D eigenvalue weighted by Gasteiger charge is -1.70. The number of rotatable bonds is 0. The molecule has 0 saturated heterocycles. The van der Waals surface area contributed by atoms with E-state index in [9.17, 15) is 0 Å². The van der Waals surface area contributed by atoms with Crippen LogP contribution in [0.2, 0.25) is 0 Å². The monoisotopic (exact) mass is 218 g/mol. The Morgan fingerprint density at radius 1 is 0.625 bits per heavy atom. The highest BCUT2D eigenvalue weighted by Gasteiger charge is 1.59. The summed E-state index contributed by atoms with van der Waals surface area (Å²) in [6, 6.07) is 11.4. The lowest BCUT2D eigenvalue weighted by molar-refractivity contribution is 1.09. The number of pyridine rings is 2. The molecule has 0 aliphatic rings. The summed E-state index contributed by atoms with van der Waals surface area (Å²) in [5.74, 6) is 0. The Labute approximate surface area is 99.4 Å². The van der Waals surface area contributed by atoms with E-state index in [1.807, 2.05) is 36.4 Å². The first kappa shape index (κ1) is 16.7. The first-order valence-electron chi connectivity index (χ1n) is 5.11. The molecule has 0 atom stereocenters. The Morgan fingerprint density at radius 2 is 0.875 bits per heavy atom. The molecule has 16 heavy (non-hydrogen) atoms. The van der Waals surface area contributed by atoms with Gasteiger partial charge in [0.05, 0.1) is 0 Å². The van der Waals surface area contributed by atoms with Gasteiger partial charge in [0, 0.05) is 24.8 Å². The summed E-state index contributed by atoms with van der Waals surface area (Å²) in [5.41, 5.74) is 0. The smallest absolute Gasteiger partial charge is 0.0267 e. The molecule has 0 bridgehead atoms. The predicted octanol–water partition coefficient (Wildman–Crippen LogP) is 4.22. The van der Waals surface area contributed by atoms with Crippen LogP contribution in [0.4, 0.5) is 0 Å². The average Bonchev–Trinajstić information content (AvgIpc) is 2.35. The van der Waals surface area contributed by atoms with Gasteiger partial charge in [0.25, 0.3) is 0 Å². The van der Waals surface area contributed by atoms with Gasteiger partial charge in [-0.3, -0.25) is 9.97 Å². The second-order valence-corrected chi connectivity index (χ2v) is 2.76. The standard InChI is InChI=1S/2C5H5N.C3H8.CH4/c2*1-2-4-6-5-3-1;1-3-2;/h2*1-5H;3H2,1-2H3;1H4. The minimum atomic E-state index is 0. The highest BCUT2D eigenvalue weighted by atomic mass is 14.6. The van der Waals surface area contributed by atoms with Crippen molar-refractivity contribution < 1.29 is 0 Å². The van der Waals surface area contributed by atoms with Crippen LogP contribution in [0, 0.1) is 0 Å². The summed E-state index contributed by atoms with van der Waals surface area (Å²) >= 11 is 0. The molecule has 0 fully saturated rings. The Bertz CT molecular complexity index is 197. The third-order valence-corrected chi connectivity index (χ3v) is 1.13. The van der Waals surface area contributed by atoms with Crippen LogP contribution in [0.15, 0.2) is 61.2 Å². The highest BCUT2D eigenvalue weighted by Crippen LogP contribution is 1.74. The molecule has 0 saturated carbocycles. The second-order valence-electron chi connectivity index (χ2n) is 2.76. The van der Waals surface area contributed by atoms with Crippen LogP contribution in [0.5, 0.6) is 0 Å². The van der Waals surface area contributed by atoms with E-state index >= 15 is 0 Å². The van der Waals surface area contributed by atoms with Crippen LogP contribution in [0.3, 0.4) is 0 Å². The first-order chi connectivity index (χ1) is 7.41. The molecule has 0 aliphatic heterocycles. The number of nitrogens with zero attached hydrogens (tertiary/aromatic N) is 2. The zero-order valence-electron chi connectivity index (χ0n) is 9.38. The molecular formula is C14H22N2. The van der Waals surface area contributed by atoms with Gasteiger partial charge in [-0.1, -0.05) is 39.8 Å². The third kappa shape index (κ3) is 14.8. The molecule has 88 valence electrons. The van der Waals surface area contributed by atoms with Crippen molar-refractivity contribution in [3.05, 3.63) is 61.2 Å². The van der Waals surface area contributed by atoms with E-state index < -0.39 is 0 Å². The molecule has 2 heteroatoms. The van der Waals surface area contributed by atoms with E-state index in [1.165, 1.54) is 6.42 Å². The molecule has 2 nitrogen and oxygen atoms in total. The maximum Gasteiger partial charge on any atom is 0.0267 e. The van der Waals surface area contributed by atoms with Gasteiger partial charge in [0.15, 0.2) is 0 Å². The lowest BCUT2D eigenvalue weighted by atomic mass is 10.5. The Hall–Kier alpha value is -1.70. The van der Waals surface area contributed by atoms with Gasteiger partial charge < -0.3 is 0 Å². The van der Waals surface area contributed by atoms with E-state index in [1.54, 1.807) is 24.8 Å². The summed E-state index contributed by atoms with van der Waals surface area (Å²) in [4.78, 5) is 7.57. The van der Waals surface area contributed by atoms with Crippen molar-refractivity contribution >= 4 is 0 Å². The molecule has 2 aromatic rings. The first-order valence-corrected chi connectivity index (χ1v) is 5.11. The van der Waals surface area contributed by atoms with Crippen molar-refractivity contribution in [1.82, 2.24) is 9.97 Å². The van der Waals surface area contributed by atoms with Crippen molar-refractivity contribution in [1.29, 1.82) is 0 Å². The van der Waals surface area contributed by atoms with Gasteiger partial charge in [-0.25, -0.2) is 0 Å². The maximum absolute atomic E-state index is 3.78. The Balaban J connectivity index is 0. The fourth-order valence-corrected chi connectivity index (χ4v) is 0.625. The number of hydrogen-bond acceptors (Lipinski definition) is 2. The fraction of sp³-hybridized carbons (Fsp3) is 0.286. The normalized spacial score (nSPS) is 7.12. The summed E-state index contributed by atoms with van der Waals surface area (Å²) in [7, 11) is 0. The average molecular weight is 218 g/mol. The molecule has 0 radical (unpaired) electrons. The summed E-state index contributed by atoms with van der Waals surface area (Å²) < 4.78 is 0. The summed E-state index contributed by atoms with van der Waals surface area (Å²) in [6.07, 6.45) is 8.25. The van der Waals surface area contributed by atoms with Gasteiger partial charge in [0.1, 0.15) is 0 Å². The fourth-order valence-electron chi connectivity index (χ4n) is 0.625. The number of aromatic nitrogens is 2. The van der Waals surface area contributed by atoms with Crippen molar-refractivity contribution in [2.24, 2.45) is 0 Å². The molecule has 0 N–H and O–H groups in total. The van der Waals surface area contributed by atoms with Crippen LogP contribution in [0.25, 0.3) is 0 Å². The maximum atomic E-state index is 3.78. The van der Waals surface area contributed by atoms with Crippen LogP contribution in [-0.4, -0.2) is 9.97 Å². The van der Waals surface area contributed by atoms with E-state index in [0.717, 1.165) is 0 Å². The van der Waals surface area contributed by atoms with Gasteiger partial charge >= 0.3 is 0 Å². The van der Waals surface area contributed by atoms with E-state index in [2.05, 4.69) is 23.8 Å². The van der Waals surface area contributed by atoms with E-state index in [4.69, 9.17) is 0 Å². The quantitative estimate of drug-likeness (QED) is 0.661. The Kier molecular flexibility index (Phi) is 16.5. The van der Waals surface area contributed by atoms with Crippen molar-refractivity contribution in [2.45, 2.75) is 27.7 Å². The zero-order chi connectivity index (χ0) is 11.2. The van der Waals surface area contributed by atoms with Gasteiger partial charge in [-0.05, 0) is 24.3 Å². The molecule has 0 aliphatic carbocycles. The third-order valence-electron chi connectivity index (χ3n) is 1.13. The van der Waals surface area contributed by atoms with Crippen LogP contribution >= 0.6 is 0 Å². The molecule has 0 amide bonds. The molecular weight excluding hydrogens is 196 g/mol. The van der Waals surface area contributed by atoms with Gasteiger partial charge in [-0.2, -0.15) is 0 Å². The van der Waals surface area contributed by atoms with Gasteiger partial charge in [-0.15, -0.1) is 0 Å². The summed E-state index contributed by atoms with van der Waals surface area (Å²) in [5, 5.41) is 0. The molecule has 2 aromatic heterocycles. The molecule has 2 heterocycles. The highest BCUT2D eigenvalue weighted by molar-refractivity contribution is 4.88. The molecule has 2 rings (SSSR count). The molecule has 0 unspecified atom stereocenters. The summed E-state index contributed by atoms with van der Waals surface area (Å²) in [6.45, 7) is 4.25. The van der Waals surface area contributed by atoms with E-state index in [0.29, 0.717) is 0 Å². The van der Waals surface area contributed by atoms with Crippen molar-refractivity contribution in [2.75, 3.05) is 0 Å². The molecule has 0 aromatic carbocycles. The van der Waals surface area contributed by atoms with Crippen molar-refractivity contribution in [3.8, 4) is 0 Å². The molecule has 0 spiro atoms. The van der Waals surface area contributed by atoms with Crippen LogP contribution in [0.1, 0.15) is 27.7 Å². The topological polar surface area (TPSA) is 25.8 Å². The van der Waals surface area contributed by atoms with Crippen LogP contribution < -0.4 is 0 Å². The minimum absolute atomic E-state index is 0. The SMILES string of the molecule is C.CCC.c1ccncc1.c1ccncc1. The lowest BCUT2D eigenvalue weighted by Crippen LogP contribution is -1.58. The minimum Gasteiger partial charge on any atom is -0.265 e. The predicted molar refractivity (Wildman–Crippen MR) is 71.2 cm³/mol. The largest absolute Gasteiger partial charge is 0.265 e. The van der Waals surface area contributed by atoms with E-state index in [-0.39, 0.29) is 7.43 Å². The second kappa shape index (κ2) is 15.8. The van der Waals surface area contributed by atoms with Crippen molar-refractivity contribution in [3.63, 3.8) is 0 Å².